The van der Waals surface area contributed by atoms with E-state index in [2.05, 4.69) is 10.0 Å². The van der Waals surface area contributed by atoms with Crippen LogP contribution in [0.2, 0.25) is 0 Å². The van der Waals surface area contributed by atoms with Crippen LogP contribution >= 0.6 is 0 Å². The Morgan fingerprint density at radius 1 is 1.04 bits per heavy atom. The highest BCUT2D eigenvalue weighted by molar-refractivity contribution is 7.92. The Labute approximate surface area is 165 Å². The molecular weight excluding hydrogens is 380 g/mol. The molecule has 8 heteroatoms. The lowest BCUT2D eigenvalue weighted by atomic mass is 10.2. The Morgan fingerprint density at radius 3 is 2.29 bits per heavy atom. The first-order valence-electron chi connectivity index (χ1n) is 8.76. The summed E-state index contributed by atoms with van der Waals surface area (Å²) in [6, 6.07) is 11.1. The van der Waals surface area contributed by atoms with Gasteiger partial charge in [-0.3, -0.25) is 14.3 Å². The molecule has 1 amide bonds. The van der Waals surface area contributed by atoms with Gasteiger partial charge in [-0.2, -0.15) is 0 Å². The Hall–Kier alpha value is -2.87. The van der Waals surface area contributed by atoms with E-state index in [-0.39, 0.29) is 17.5 Å². The normalized spacial score (nSPS) is 11.2. The van der Waals surface area contributed by atoms with E-state index < -0.39 is 21.9 Å². The number of rotatable bonds is 7. The quantitative estimate of drug-likeness (QED) is 0.691. The molecule has 0 saturated carbocycles. The van der Waals surface area contributed by atoms with Crippen molar-refractivity contribution in [1.82, 2.24) is 5.32 Å². The molecule has 150 valence electrons. The molecule has 0 aliphatic heterocycles. The van der Waals surface area contributed by atoms with Gasteiger partial charge < -0.3 is 10.1 Å². The Kier molecular flexibility index (Phi) is 6.80. The van der Waals surface area contributed by atoms with Crippen molar-refractivity contribution < 1.29 is 22.7 Å². The second kappa shape index (κ2) is 8.88. The number of esters is 1. The largest absolute Gasteiger partial charge is 0.462 e. The van der Waals surface area contributed by atoms with Crippen molar-refractivity contribution in [3.05, 3.63) is 59.2 Å². The highest BCUT2D eigenvalue weighted by Crippen LogP contribution is 2.21. The van der Waals surface area contributed by atoms with Crippen LogP contribution < -0.4 is 10.0 Å². The van der Waals surface area contributed by atoms with Gasteiger partial charge in [-0.05, 0) is 69.2 Å². The fourth-order valence-corrected chi connectivity index (χ4v) is 3.84. The van der Waals surface area contributed by atoms with Crippen LogP contribution in [-0.4, -0.2) is 32.9 Å². The number of hydrogen-bond acceptors (Lipinski definition) is 5. The van der Waals surface area contributed by atoms with E-state index in [1.54, 1.807) is 32.9 Å². The van der Waals surface area contributed by atoms with E-state index in [0.29, 0.717) is 16.8 Å². The number of ether oxygens (including phenoxy) is 1. The molecule has 0 aliphatic rings. The number of aryl methyl sites for hydroxylation is 2. The van der Waals surface area contributed by atoms with Crippen molar-refractivity contribution in [2.75, 3.05) is 11.3 Å². The molecular formula is C20H24N2O5S. The van der Waals surface area contributed by atoms with Crippen LogP contribution in [0.3, 0.4) is 0 Å². The summed E-state index contributed by atoms with van der Waals surface area (Å²) in [4.78, 5) is 23.8. The van der Waals surface area contributed by atoms with Gasteiger partial charge in [0.15, 0.2) is 0 Å². The Morgan fingerprint density at radius 2 is 1.68 bits per heavy atom. The molecule has 2 N–H and O–H groups in total. The lowest BCUT2D eigenvalue weighted by Gasteiger charge is -2.12. The van der Waals surface area contributed by atoms with Crippen molar-refractivity contribution in [3.8, 4) is 0 Å². The molecule has 0 fully saturated rings. The average Bonchev–Trinajstić information content (AvgIpc) is 2.61. The highest BCUT2D eigenvalue weighted by Gasteiger charge is 2.17. The molecule has 2 rings (SSSR count). The molecule has 0 unspecified atom stereocenters. The second-order valence-corrected chi connectivity index (χ2v) is 8.32. The summed E-state index contributed by atoms with van der Waals surface area (Å²) in [6.07, 6.45) is -0.256. The van der Waals surface area contributed by atoms with Gasteiger partial charge in [-0.1, -0.05) is 12.1 Å². The van der Waals surface area contributed by atoms with E-state index in [1.165, 1.54) is 24.3 Å². The number of sulfonamides is 1. The maximum Gasteiger partial charge on any atom is 0.325 e. The number of nitrogens with one attached hydrogen (secondary N) is 2. The van der Waals surface area contributed by atoms with Crippen LogP contribution in [0.15, 0.2) is 47.4 Å². The van der Waals surface area contributed by atoms with E-state index in [4.69, 9.17) is 4.74 Å². The summed E-state index contributed by atoms with van der Waals surface area (Å²) < 4.78 is 32.7. The minimum Gasteiger partial charge on any atom is -0.462 e. The van der Waals surface area contributed by atoms with Gasteiger partial charge in [0, 0.05) is 11.3 Å². The smallest absolute Gasteiger partial charge is 0.325 e. The molecule has 0 aliphatic carbocycles. The third-order valence-electron chi connectivity index (χ3n) is 3.79. The van der Waals surface area contributed by atoms with Gasteiger partial charge in [-0.15, -0.1) is 0 Å². The van der Waals surface area contributed by atoms with Gasteiger partial charge in [-0.25, -0.2) is 8.42 Å². The fraction of sp³-hybridized carbons (Fsp3) is 0.300. The third-order valence-corrected chi connectivity index (χ3v) is 5.32. The second-order valence-electron chi connectivity index (χ2n) is 6.67. The number of carbonyl (C=O) groups is 2. The number of carbonyl (C=O) groups excluding carboxylic acids is 2. The maximum absolute atomic E-state index is 12.6. The molecule has 0 spiro atoms. The van der Waals surface area contributed by atoms with Crippen molar-refractivity contribution >= 4 is 27.6 Å². The van der Waals surface area contributed by atoms with Crippen LogP contribution in [0.1, 0.15) is 35.3 Å². The van der Waals surface area contributed by atoms with Crippen LogP contribution in [0, 0.1) is 13.8 Å². The monoisotopic (exact) mass is 404 g/mol. The first-order chi connectivity index (χ1) is 13.1. The molecule has 7 nitrogen and oxygen atoms in total. The van der Waals surface area contributed by atoms with Crippen LogP contribution in [0.4, 0.5) is 5.69 Å². The molecule has 2 aromatic carbocycles. The molecule has 0 atom stereocenters. The molecule has 0 bridgehead atoms. The number of hydrogen-bond donors (Lipinski definition) is 2. The summed E-state index contributed by atoms with van der Waals surface area (Å²) in [5.41, 5.74) is 2.11. The zero-order chi connectivity index (χ0) is 20.9. The zero-order valence-electron chi connectivity index (χ0n) is 16.3. The van der Waals surface area contributed by atoms with Crippen molar-refractivity contribution in [3.63, 3.8) is 0 Å². The SMILES string of the molecule is Cc1ccc(C)c(S(=O)(=O)Nc2ccc(C(=O)NCC(=O)OC(C)C)cc2)c1. The fourth-order valence-electron chi connectivity index (χ4n) is 2.46. The van der Waals surface area contributed by atoms with Crippen LogP contribution in [0.25, 0.3) is 0 Å². The molecule has 28 heavy (non-hydrogen) atoms. The van der Waals surface area contributed by atoms with E-state index >= 15 is 0 Å². The first-order valence-corrected chi connectivity index (χ1v) is 10.2. The molecule has 0 aromatic heterocycles. The molecule has 0 heterocycles. The average molecular weight is 404 g/mol. The van der Waals surface area contributed by atoms with Gasteiger partial charge in [0.25, 0.3) is 15.9 Å². The summed E-state index contributed by atoms with van der Waals surface area (Å²) >= 11 is 0. The van der Waals surface area contributed by atoms with Gasteiger partial charge in [0.1, 0.15) is 6.54 Å². The molecule has 0 radical (unpaired) electrons. The van der Waals surface area contributed by atoms with Gasteiger partial charge in [0.05, 0.1) is 11.0 Å². The minimum atomic E-state index is -3.74. The number of benzene rings is 2. The van der Waals surface area contributed by atoms with Gasteiger partial charge in [0.2, 0.25) is 0 Å². The predicted molar refractivity (Wildman–Crippen MR) is 107 cm³/mol. The number of anilines is 1. The van der Waals surface area contributed by atoms with Crippen LogP contribution in [0.5, 0.6) is 0 Å². The summed E-state index contributed by atoms with van der Waals surface area (Å²) in [5.74, 6) is -0.981. The molecule has 2 aromatic rings. The third kappa shape index (κ3) is 5.82. The van der Waals surface area contributed by atoms with Gasteiger partial charge >= 0.3 is 5.97 Å². The van der Waals surface area contributed by atoms with E-state index in [9.17, 15) is 18.0 Å². The lowest BCUT2D eigenvalue weighted by Crippen LogP contribution is -2.31. The predicted octanol–water partition coefficient (Wildman–Crippen LogP) is 2.79. The summed E-state index contributed by atoms with van der Waals surface area (Å²) in [6.45, 7) is 6.75. The minimum absolute atomic E-state index is 0.206. The van der Waals surface area contributed by atoms with Crippen LogP contribution in [-0.2, 0) is 19.6 Å². The van der Waals surface area contributed by atoms with Crippen molar-refractivity contribution in [1.29, 1.82) is 0 Å². The van der Waals surface area contributed by atoms with E-state index in [1.807, 2.05) is 13.0 Å². The highest BCUT2D eigenvalue weighted by atomic mass is 32.2. The van der Waals surface area contributed by atoms with Crippen molar-refractivity contribution in [2.45, 2.75) is 38.7 Å². The Bertz CT molecular complexity index is 967. The lowest BCUT2D eigenvalue weighted by molar-refractivity contribution is -0.146. The number of amides is 1. The first kappa shape index (κ1) is 21.4. The summed E-state index contributed by atoms with van der Waals surface area (Å²) in [7, 11) is -3.74. The molecule has 0 saturated heterocycles. The maximum atomic E-state index is 12.6. The standard InChI is InChI=1S/C20H24N2O5S/c1-13(2)27-19(23)12-21-20(24)16-7-9-17(10-8-16)22-28(25,26)18-11-14(3)5-6-15(18)4/h5-11,13,22H,12H2,1-4H3,(H,21,24). The Balaban J connectivity index is 2.05. The topological polar surface area (TPSA) is 102 Å². The van der Waals surface area contributed by atoms with Crippen molar-refractivity contribution in [2.24, 2.45) is 0 Å². The summed E-state index contributed by atoms with van der Waals surface area (Å²) in [5, 5.41) is 2.46. The van der Waals surface area contributed by atoms with E-state index in [0.717, 1.165) is 5.56 Å². The zero-order valence-corrected chi connectivity index (χ0v) is 17.1.